The van der Waals surface area contributed by atoms with Crippen molar-refractivity contribution in [3.8, 4) is 11.1 Å². The fourth-order valence-electron chi connectivity index (χ4n) is 4.69. The molecule has 1 amide bonds. The van der Waals surface area contributed by atoms with Gasteiger partial charge in [0.25, 0.3) is 11.1 Å². The summed E-state index contributed by atoms with van der Waals surface area (Å²) in [5, 5.41) is 6.93. The molecule has 0 atom stereocenters. The van der Waals surface area contributed by atoms with Gasteiger partial charge in [0.1, 0.15) is 5.76 Å². The number of hydrogen-bond acceptors (Lipinski definition) is 8. The number of aromatic nitrogens is 2. The Hall–Kier alpha value is -2.34. The lowest BCUT2D eigenvalue weighted by Crippen LogP contribution is -2.39. The summed E-state index contributed by atoms with van der Waals surface area (Å²) in [6.45, 7) is 1.44. The molecular formula is C23H31F3N4O4S. The van der Waals surface area contributed by atoms with Crippen LogP contribution in [0.2, 0.25) is 0 Å². The largest absolute Gasteiger partial charge is 0.479 e. The average molecular weight is 517 g/mol. The van der Waals surface area contributed by atoms with E-state index in [1.54, 1.807) is 6.07 Å². The maximum absolute atomic E-state index is 12.4. The molecule has 1 fully saturated rings. The summed E-state index contributed by atoms with van der Waals surface area (Å²) in [5.41, 5.74) is 0.870. The number of carbonyl (C=O) groups is 1. The van der Waals surface area contributed by atoms with Crippen LogP contribution in [0.25, 0.3) is 0 Å². The first-order valence-electron chi connectivity index (χ1n) is 12.0. The monoisotopic (exact) mass is 516 g/mol. The number of fused-ring (bicyclic) bond motifs is 1. The van der Waals surface area contributed by atoms with Gasteiger partial charge in [0.2, 0.25) is 5.91 Å². The Morgan fingerprint density at radius 1 is 1.26 bits per heavy atom. The lowest BCUT2D eigenvalue weighted by Gasteiger charge is -2.30. The number of nitrogens with one attached hydrogen (secondary N) is 1. The summed E-state index contributed by atoms with van der Waals surface area (Å²) in [5.74, 6) is 1.42. The zero-order valence-corrected chi connectivity index (χ0v) is 20.6. The van der Waals surface area contributed by atoms with Gasteiger partial charge < -0.3 is 24.2 Å². The fourth-order valence-corrected chi connectivity index (χ4v) is 5.63. The van der Waals surface area contributed by atoms with E-state index in [1.807, 2.05) is 0 Å². The minimum absolute atomic E-state index is 0.0649. The number of nitrogens with zero attached hydrogens (tertiary/aromatic N) is 3. The van der Waals surface area contributed by atoms with Crippen LogP contribution in [-0.2, 0) is 24.1 Å². The van der Waals surface area contributed by atoms with Gasteiger partial charge in [0.15, 0.2) is 6.61 Å². The van der Waals surface area contributed by atoms with Crippen LogP contribution < -0.4 is 14.8 Å². The minimum atomic E-state index is -4.35. The lowest BCUT2D eigenvalue weighted by atomic mass is 9.84. The Labute approximate surface area is 206 Å². The standard InChI is InChI=1S/C23H31F3N4O4S/c1-32-21-13-17(34-29-21)12-20(31)27-16-4-2-15(3-5-16)6-9-30-10-7-18-19(8-11-30)35-22(28-18)33-14-23(24,25)26/h13,15-16H,2-12,14H2,1H3,(H,27,31). The SMILES string of the molecule is COc1cc(CC(=O)NC2CCC(CCN3CCc4nc(OCC(F)(F)F)sc4CC3)CC2)on1. The number of amides is 1. The van der Waals surface area contributed by atoms with Crippen LogP contribution >= 0.6 is 11.3 Å². The van der Waals surface area contributed by atoms with E-state index in [2.05, 4.69) is 20.4 Å². The zero-order chi connectivity index (χ0) is 24.8. The third-order valence-electron chi connectivity index (χ3n) is 6.58. The van der Waals surface area contributed by atoms with Gasteiger partial charge in [0, 0.05) is 36.5 Å². The zero-order valence-electron chi connectivity index (χ0n) is 19.7. The van der Waals surface area contributed by atoms with Crippen molar-refractivity contribution in [2.75, 3.05) is 33.4 Å². The average Bonchev–Trinajstić information content (AvgIpc) is 3.39. The highest BCUT2D eigenvalue weighted by Crippen LogP contribution is 2.31. The highest BCUT2D eigenvalue weighted by Gasteiger charge is 2.30. The van der Waals surface area contributed by atoms with Crippen molar-refractivity contribution in [1.29, 1.82) is 0 Å². The summed E-state index contributed by atoms with van der Waals surface area (Å²) >= 11 is 1.24. The quantitative estimate of drug-likeness (QED) is 0.543. The van der Waals surface area contributed by atoms with E-state index in [-0.39, 0.29) is 23.6 Å². The maximum Gasteiger partial charge on any atom is 0.422 e. The van der Waals surface area contributed by atoms with Crippen molar-refractivity contribution in [3.05, 3.63) is 22.4 Å². The van der Waals surface area contributed by atoms with E-state index in [0.29, 0.717) is 17.6 Å². The van der Waals surface area contributed by atoms with Gasteiger partial charge >= 0.3 is 6.18 Å². The van der Waals surface area contributed by atoms with Crippen LogP contribution in [0.15, 0.2) is 10.6 Å². The normalized spacial score (nSPS) is 21.3. The molecule has 2 aromatic heterocycles. The molecule has 8 nitrogen and oxygen atoms in total. The van der Waals surface area contributed by atoms with Crippen LogP contribution in [0.3, 0.4) is 0 Å². The van der Waals surface area contributed by atoms with E-state index < -0.39 is 12.8 Å². The van der Waals surface area contributed by atoms with E-state index in [9.17, 15) is 18.0 Å². The number of methoxy groups -OCH3 is 1. The van der Waals surface area contributed by atoms with Crippen LogP contribution in [0, 0.1) is 5.92 Å². The van der Waals surface area contributed by atoms with E-state index in [1.165, 1.54) is 18.4 Å². The molecule has 1 aliphatic heterocycles. The summed E-state index contributed by atoms with van der Waals surface area (Å²) in [7, 11) is 1.50. The molecule has 2 aliphatic rings. The first kappa shape index (κ1) is 25.7. The third-order valence-corrected chi connectivity index (χ3v) is 7.65. The van der Waals surface area contributed by atoms with Gasteiger partial charge in [-0.05, 0) is 56.1 Å². The Bertz CT molecular complexity index is 947. The Morgan fingerprint density at radius 3 is 2.74 bits per heavy atom. The summed E-state index contributed by atoms with van der Waals surface area (Å²) < 4.78 is 52.0. The van der Waals surface area contributed by atoms with Crippen LogP contribution in [-0.4, -0.2) is 66.5 Å². The molecule has 1 saturated carbocycles. The molecular weight excluding hydrogens is 485 g/mol. The molecule has 0 unspecified atom stereocenters. The molecule has 0 spiro atoms. The third kappa shape index (κ3) is 7.83. The van der Waals surface area contributed by atoms with Gasteiger partial charge in [-0.3, -0.25) is 4.79 Å². The van der Waals surface area contributed by atoms with Crippen molar-refractivity contribution in [1.82, 2.24) is 20.4 Å². The van der Waals surface area contributed by atoms with Gasteiger partial charge in [-0.2, -0.15) is 13.2 Å². The van der Waals surface area contributed by atoms with Crippen LogP contribution in [0.4, 0.5) is 13.2 Å². The summed E-state index contributed by atoms with van der Waals surface area (Å²) in [4.78, 5) is 20.0. The molecule has 35 heavy (non-hydrogen) atoms. The molecule has 4 rings (SSSR count). The maximum atomic E-state index is 12.4. The fraction of sp³-hybridized carbons (Fsp3) is 0.696. The predicted octanol–water partition coefficient (Wildman–Crippen LogP) is 3.79. The molecule has 0 radical (unpaired) electrons. The molecule has 0 saturated heterocycles. The minimum Gasteiger partial charge on any atom is -0.479 e. The van der Waals surface area contributed by atoms with E-state index >= 15 is 0 Å². The van der Waals surface area contributed by atoms with Crippen LogP contribution in [0.1, 0.15) is 48.4 Å². The number of carbonyl (C=O) groups excluding carboxylic acids is 1. The van der Waals surface area contributed by atoms with E-state index in [0.717, 1.165) is 75.2 Å². The van der Waals surface area contributed by atoms with Crippen molar-refractivity contribution in [2.45, 2.75) is 63.6 Å². The topological polar surface area (TPSA) is 89.7 Å². The Balaban J connectivity index is 1.13. The predicted molar refractivity (Wildman–Crippen MR) is 123 cm³/mol. The van der Waals surface area contributed by atoms with Crippen molar-refractivity contribution in [2.24, 2.45) is 5.92 Å². The summed E-state index contributed by atoms with van der Waals surface area (Å²) in [6, 6.07) is 1.81. The van der Waals surface area contributed by atoms with Gasteiger partial charge in [-0.1, -0.05) is 11.3 Å². The Morgan fingerprint density at radius 2 is 2.03 bits per heavy atom. The number of alkyl halides is 3. The second kappa shape index (κ2) is 11.6. The Kier molecular flexibility index (Phi) is 8.53. The van der Waals surface area contributed by atoms with Gasteiger partial charge in [-0.25, -0.2) is 4.98 Å². The van der Waals surface area contributed by atoms with Gasteiger partial charge in [-0.15, -0.1) is 0 Å². The van der Waals surface area contributed by atoms with E-state index in [4.69, 9.17) is 14.0 Å². The smallest absolute Gasteiger partial charge is 0.422 e. The number of halogens is 3. The molecule has 1 N–H and O–H groups in total. The molecule has 0 bridgehead atoms. The molecule has 12 heteroatoms. The molecule has 2 aromatic rings. The first-order chi connectivity index (χ1) is 16.8. The number of ether oxygens (including phenoxy) is 2. The van der Waals surface area contributed by atoms with Crippen molar-refractivity contribution in [3.63, 3.8) is 0 Å². The highest BCUT2D eigenvalue weighted by atomic mass is 32.1. The van der Waals surface area contributed by atoms with Crippen molar-refractivity contribution >= 4 is 17.2 Å². The number of thiazole rings is 1. The van der Waals surface area contributed by atoms with Crippen molar-refractivity contribution < 1.29 is 32.0 Å². The first-order valence-corrected chi connectivity index (χ1v) is 12.8. The molecule has 194 valence electrons. The van der Waals surface area contributed by atoms with Crippen LogP contribution in [0.5, 0.6) is 11.1 Å². The lowest BCUT2D eigenvalue weighted by molar-refractivity contribution is -0.153. The molecule has 3 heterocycles. The summed E-state index contributed by atoms with van der Waals surface area (Å²) in [6.07, 6.45) is 2.55. The number of rotatable bonds is 9. The molecule has 1 aliphatic carbocycles. The highest BCUT2D eigenvalue weighted by molar-refractivity contribution is 7.13. The van der Waals surface area contributed by atoms with Gasteiger partial charge in [0.05, 0.1) is 19.2 Å². The second-order valence-electron chi connectivity index (χ2n) is 9.18. The second-order valence-corrected chi connectivity index (χ2v) is 10.2. The molecule has 0 aromatic carbocycles. The number of hydrogen-bond donors (Lipinski definition) is 1.